The Labute approximate surface area is 143 Å². The molecule has 0 aliphatic carbocycles. The lowest BCUT2D eigenvalue weighted by molar-refractivity contribution is 0.199. The van der Waals surface area contributed by atoms with Gasteiger partial charge in [-0.15, -0.1) is 12.4 Å². The average molecular weight is 342 g/mol. The molecule has 0 amide bonds. The van der Waals surface area contributed by atoms with Gasteiger partial charge in [0.2, 0.25) is 0 Å². The van der Waals surface area contributed by atoms with Crippen molar-refractivity contribution in [3.63, 3.8) is 0 Å². The summed E-state index contributed by atoms with van der Waals surface area (Å²) in [6.45, 7) is 2.90. The summed E-state index contributed by atoms with van der Waals surface area (Å²) in [5.74, 6) is 0.871. The number of hydrogen-bond donors (Lipinski definition) is 1. The van der Waals surface area contributed by atoms with Gasteiger partial charge in [-0.05, 0) is 35.4 Å². The van der Waals surface area contributed by atoms with Gasteiger partial charge >= 0.3 is 0 Å². The van der Waals surface area contributed by atoms with Crippen LogP contribution in [0.25, 0.3) is 0 Å². The van der Waals surface area contributed by atoms with Crippen LogP contribution in [0.4, 0.5) is 0 Å². The smallest absolute Gasteiger partial charge is 0.120 e. The Morgan fingerprint density at radius 2 is 1.82 bits per heavy atom. The van der Waals surface area contributed by atoms with E-state index in [4.69, 9.17) is 21.1 Å². The molecule has 120 valence electrons. The summed E-state index contributed by atoms with van der Waals surface area (Å²) in [5, 5.41) is 4.05. The van der Waals surface area contributed by atoms with Crippen molar-refractivity contribution in [2.45, 2.75) is 13.2 Å². The third-order valence-electron chi connectivity index (χ3n) is 3.03. The third kappa shape index (κ3) is 6.67. The summed E-state index contributed by atoms with van der Waals surface area (Å²) in [7, 11) is 1.70. The van der Waals surface area contributed by atoms with Crippen LogP contribution in [0.3, 0.4) is 0 Å². The van der Waals surface area contributed by atoms with Crippen LogP contribution in [0.15, 0.2) is 48.5 Å². The van der Waals surface area contributed by atoms with E-state index >= 15 is 0 Å². The predicted octanol–water partition coefficient (Wildman–Crippen LogP) is 4.08. The minimum Gasteiger partial charge on any atom is -0.489 e. The zero-order chi connectivity index (χ0) is 14.9. The van der Waals surface area contributed by atoms with Crippen molar-refractivity contribution in [2.24, 2.45) is 0 Å². The van der Waals surface area contributed by atoms with Gasteiger partial charge < -0.3 is 14.8 Å². The second-order valence-electron chi connectivity index (χ2n) is 4.73. The molecule has 22 heavy (non-hydrogen) atoms. The van der Waals surface area contributed by atoms with Gasteiger partial charge in [0.1, 0.15) is 12.4 Å². The fourth-order valence-electron chi connectivity index (χ4n) is 1.90. The average Bonchev–Trinajstić information content (AvgIpc) is 2.52. The lowest BCUT2D eigenvalue weighted by atomic mass is 10.2. The van der Waals surface area contributed by atoms with Crippen molar-refractivity contribution in [2.75, 3.05) is 20.3 Å². The first kappa shape index (κ1) is 18.8. The molecule has 0 saturated heterocycles. The minimum atomic E-state index is 0. The van der Waals surface area contributed by atoms with Crippen molar-refractivity contribution < 1.29 is 9.47 Å². The molecule has 2 rings (SSSR count). The monoisotopic (exact) mass is 341 g/mol. The molecule has 2 aromatic rings. The lowest BCUT2D eigenvalue weighted by Crippen LogP contribution is -2.18. The predicted molar refractivity (Wildman–Crippen MR) is 93.1 cm³/mol. The molecule has 1 N–H and O–H groups in total. The standard InChI is InChI=1S/C17H20ClNO2.ClH/c1-20-10-9-19-12-15-3-2-4-17(11-15)21-13-14-5-7-16(18)8-6-14;/h2-8,11,19H,9-10,12-13H2,1H3;1H. The SMILES string of the molecule is COCCNCc1cccc(OCc2ccc(Cl)cc2)c1.Cl. The van der Waals surface area contributed by atoms with E-state index in [9.17, 15) is 0 Å². The van der Waals surface area contributed by atoms with Crippen molar-refractivity contribution in [1.82, 2.24) is 5.32 Å². The summed E-state index contributed by atoms with van der Waals surface area (Å²) < 4.78 is 10.8. The zero-order valence-corrected chi connectivity index (χ0v) is 14.1. The van der Waals surface area contributed by atoms with Crippen LogP contribution in [0.2, 0.25) is 5.02 Å². The molecule has 0 radical (unpaired) electrons. The number of ether oxygens (including phenoxy) is 2. The highest BCUT2D eigenvalue weighted by molar-refractivity contribution is 6.30. The third-order valence-corrected chi connectivity index (χ3v) is 3.28. The summed E-state index contributed by atoms with van der Waals surface area (Å²) in [4.78, 5) is 0. The van der Waals surface area contributed by atoms with E-state index in [0.29, 0.717) is 13.2 Å². The Kier molecular flexibility index (Phi) is 8.94. The van der Waals surface area contributed by atoms with Crippen molar-refractivity contribution in [3.8, 4) is 5.75 Å². The topological polar surface area (TPSA) is 30.5 Å². The van der Waals surface area contributed by atoms with Crippen LogP contribution >= 0.6 is 24.0 Å². The molecular weight excluding hydrogens is 321 g/mol. The summed E-state index contributed by atoms with van der Waals surface area (Å²) >= 11 is 5.86. The fourth-order valence-corrected chi connectivity index (χ4v) is 2.03. The van der Waals surface area contributed by atoms with Gasteiger partial charge in [0.05, 0.1) is 6.61 Å². The van der Waals surface area contributed by atoms with Crippen LogP contribution in [0, 0.1) is 0 Å². The molecule has 0 atom stereocenters. The fraction of sp³-hybridized carbons (Fsp3) is 0.294. The van der Waals surface area contributed by atoms with E-state index in [-0.39, 0.29) is 12.4 Å². The highest BCUT2D eigenvalue weighted by Crippen LogP contribution is 2.16. The van der Waals surface area contributed by atoms with Crippen LogP contribution in [0.5, 0.6) is 5.75 Å². The maximum absolute atomic E-state index is 5.86. The van der Waals surface area contributed by atoms with Gasteiger partial charge in [0.15, 0.2) is 0 Å². The lowest BCUT2D eigenvalue weighted by Gasteiger charge is -2.09. The summed E-state index contributed by atoms with van der Waals surface area (Å²) in [6, 6.07) is 15.8. The van der Waals surface area contributed by atoms with Crippen LogP contribution in [-0.4, -0.2) is 20.3 Å². The first-order valence-electron chi connectivity index (χ1n) is 6.94. The number of benzene rings is 2. The Hall–Kier alpha value is -1.26. The zero-order valence-electron chi connectivity index (χ0n) is 12.5. The van der Waals surface area contributed by atoms with Crippen molar-refractivity contribution in [3.05, 3.63) is 64.7 Å². The maximum atomic E-state index is 5.86. The van der Waals surface area contributed by atoms with E-state index < -0.39 is 0 Å². The molecule has 0 aliphatic heterocycles. The molecular formula is C17H21Cl2NO2. The summed E-state index contributed by atoms with van der Waals surface area (Å²) in [6.07, 6.45) is 0. The Morgan fingerprint density at radius 1 is 1.05 bits per heavy atom. The molecule has 0 bridgehead atoms. The molecule has 2 aromatic carbocycles. The molecule has 0 aliphatic rings. The molecule has 0 unspecified atom stereocenters. The number of rotatable bonds is 8. The van der Waals surface area contributed by atoms with Gasteiger partial charge in [0, 0.05) is 25.2 Å². The van der Waals surface area contributed by atoms with E-state index in [2.05, 4.69) is 17.4 Å². The van der Waals surface area contributed by atoms with E-state index in [1.54, 1.807) is 7.11 Å². The molecule has 0 fully saturated rings. The quantitative estimate of drug-likeness (QED) is 0.734. The minimum absolute atomic E-state index is 0. The Bertz CT molecular complexity index is 547. The summed E-state index contributed by atoms with van der Waals surface area (Å²) in [5.41, 5.74) is 2.29. The maximum Gasteiger partial charge on any atom is 0.120 e. The molecule has 0 saturated carbocycles. The van der Waals surface area contributed by atoms with Gasteiger partial charge in [-0.3, -0.25) is 0 Å². The number of hydrogen-bond acceptors (Lipinski definition) is 3. The molecule has 0 spiro atoms. The highest BCUT2D eigenvalue weighted by Gasteiger charge is 1.99. The van der Waals surface area contributed by atoms with Crippen LogP contribution in [0.1, 0.15) is 11.1 Å². The molecule has 0 heterocycles. The largest absolute Gasteiger partial charge is 0.489 e. The number of nitrogens with one attached hydrogen (secondary N) is 1. The van der Waals surface area contributed by atoms with E-state index in [1.807, 2.05) is 36.4 Å². The van der Waals surface area contributed by atoms with E-state index in [0.717, 1.165) is 29.4 Å². The normalized spacial score (nSPS) is 10.1. The number of methoxy groups -OCH3 is 1. The van der Waals surface area contributed by atoms with Crippen LogP contribution < -0.4 is 10.1 Å². The Morgan fingerprint density at radius 3 is 2.55 bits per heavy atom. The second kappa shape index (κ2) is 10.5. The van der Waals surface area contributed by atoms with Crippen molar-refractivity contribution >= 4 is 24.0 Å². The van der Waals surface area contributed by atoms with Gasteiger partial charge in [-0.1, -0.05) is 35.9 Å². The first-order valence-corrected chi connectivity index (χ1v) is 7.31. The van der Waals surface area contributed by atoms with Gasteiger partial charge in [-0.25, -0.2) is 0 Å². The van der Waals surface area contributed by atoms with Crippen LogP contribution in [-0.2, 0) is 17.9 Å². The van der Waals surface area contributed by atoms with E-state index in [1.165, 1.54) is 5.56 Å². The number of halogens is 2. The molecule has 3 nitrogen and oxygen atoms in total. The molecule has 0 aromatic heterocycles. The Balaban J connectivity index is 0.00000242. The second-order valence-corrected chi connectivity index (χ2v) is 5.17. The van der Waals surface area contributed by atoms with Crippen molar-refractivity contribution in [1.29, 1.82) is 0 Å². The highest BCUT2D eigenvalue weighted by atomic mass is 35.5. The first-order chi connectivity index (χ1) is 10.3. The molecule has 5 heteroatoms. The van der Waals surface area contributed by atoms with Gasteiger partial charge in [-0.2, -0.15) is 0 Å². The van der Waals surface area contributed by atoms with Gasteiger partial charge in [0.25, 0.3) is 0 Å².